The molecule has 146 valence electrons. The molecule has 0 radical (unpaired) electrons. The molecular weight excluding hydrogens is 349 g/mol. The van der Waals surface area contributed by atoms with Crippen molar-refractivity contribution in [2.24, 2.45) is 0 Å². The SMILES string of the molecule is COCCNC(=O)C1(Nc2cccc(F)c2)CCN(Cc2cc(C)[nH]n2)C1. The Morgan fingerprint density at radius 3 is 3.00 bits per heavy atom. The molecule has 1 aliphatic rings. The number of carbonyl (C=O) groups excluding carboxylic acids is 1. The quantitative estimate of drug-likeness (QED) is 0.612. The van der Waals surface area contributed by atoms with Crippen molar-refractivity contribution in [3.63, 3.8) is 0 Å². The number of anilines is 1. The lowest BCUT2D eigenvalue weighted by Gasteiger charge is -2.30. The number of benzene rings is 1. The maximum atomic E-state index is 13.6. The van der Waals surface area contributed by atoms with Crippen LogP contribution in [-0.4, -0.2) is 59.9 Å². The number of likely N-dealkylation sites (tertiary alicyclic amines) is 1. The number of aromatic nitrogens is 2. The number of nitrogens with zero attached hydrogens (tertiary/aromatic N) is 2. The van der Waals surface area contributed by atoms with E-state index < -0.39 is 5.54 Å². The van der Waals surface area contributed by atoms with E-state index in [2.05, 4.69) is 25.7 Å². The summed E-state index contributed by atoms with van der Waals surface area (Å²) in [6.45, 7) is 4.74. The Kier molecular flexibility index (Phi) is 6.08. The number of aryl methyl sites for hydroxylation is 1. The minimum absolute atomic E-state index is 0.107. The van der Waals surface area contributed by atoms with Crippen molar-refractivity contribution < 1.29 is 13.9 Å². The number of nitrogens with one attached hydrogen (secondary N) is 3. The standard InChI is InChI=1S/C19H26FN5O2/c1-14-10-17(24-23-14)12-25-8-6-19(13-25,18(26)21-7-9-27-2)22-16-5-3-4-15(20)11-16/h3-5,10-11,22H,6-9,12-13H2,1-2H3,(H,21,26)(H,23,24). The van der Waals surface area contributed by atoms with E-state index in [0.29, 0.717) is 38.3 Å². The molecule has 1 saturated heterocycles. The van der Waals surface area contributed by atoms with E-state index in [4.69, 9.17) is 4.74 Å². The van der Waals surface area contributed by atoms with Crippen LogP contribution in [0.5, 0.6) is 0 Å². The van der Waals surface area contributed by atoms with Crippen LogP contribution in [0.2, 0.25) is 0 Å². The number of H-pyrrole nitrogens is 1. The van der Waals surface area contributed by atoms with Gasteiger partial charge in [-0.25, -0.2) is 4.39 Å². The summed E-state index contributed by atoms with van der Waals surface area (Å²) < 4.78 is 18.6. The van der Waals surface area contributed by atoms with Gasteiger partial charge in [-0.3, -0.25) is 14.8 Å². The van der Waals surface area contributed by atoms with Crippen molar-refractivity contribution in [1.82, 2.24) is 20.4 Å². The van der Waals surface area contributed by atoms with Crippen molar-refractivity contribution in [2.75, 3.05) is 38.7 Å². The zero-order valence-electron chi connectivity index (χ0n) is 15.7. The summed E-state index contributed by atoms with van der Waals surface area (Å²) in [6, 6.07) is 8.19. The molecule has 2 heterocycles. The van der Waals surface area contributed by atoms with Crippen LogP contribution in [0.25, 0.3) is 0 Å². The Balaban J connectivity index is 1.74. The van der Waals surface area contributed by atoms with E-state index in [1.165, 1.54) is 12.1 Å². The van der Waals surface area contributed by atoms with Crippen molar-refractivity contribution in [2.45, 2.75) is 25.4 Å². The van der Waals surface area contributed by atoms with Gasteiger partial charge in [0.1, 0.15) is 11.4 Å². The van der Waals surface area contributed by atoms with Gasteiger partial charge >= 0.3 is 0 Å². The topological polar surface area (TPSA) is 82.3 Å². The van der Waals surface area contributed by atoms with Crippen LogP contribution >= 0.6 is 0 Å². The third-order valence-corrected chi connectivity index (χ3v) is 4.73. The summed E-state index contributed by atoms with van der Waals surface area (Å²) in [4.78, 5) is 15.1. The number of aromatic amines is 1. The average Bonchev–Trinajstić information content (AvgIpc) is 3.22. The van der Waals surface area contributed by atoms with Gasteiger partial charge in [-0.15, -0.1) is 0 Å². The number of hydrogen-bond donors (Lipinski definition) is 3. The molecule has 0 bridgehead atoms. The Bertz CT molecular complexity index is 781. The minimum atomic E-state index is -0.827. The number of hydrogen-bond acceptors (Lipinski definition) is 5. The molecule has 1 aliphatic heterocycles. The van der Waals surface area contributed by atoms with Gasteiger partial charge in [0.05, 0.1) is 12.3 Å². The zero-order chi connectivity index (χ0) is 19.3. The van der Waals surface area contributed by atoms with Gasteiger partial charge in [-0.2, -0.15) is 5.10 Å². The molecule has 1 unspecified atom stereocenters. The number of amides is 1. The molecule has 1 atom stereocenters. The molecule has 3 N–H and O–H groups in total. The van der Waals surface area contributed by atoms with Crippen molar-refractivity contribution in [3.8, 4) is 0 Å². The molecule has 7 nitrogen and oxygen atoms in total. The molecule has 3 rings (SSSR count). The van der Waals surface area contributed by atoms with E-state index in [0.717, 1.165) is 17.9 Å². The van der Waals surface area contributed by atoms with Crippen LogP contribution in [0.15, 0.2) is 30.3 Å². The number of methoxy groups -OCH3 is 1. The third kappa shape index (κ3) is 4.84. The lowest BCUT2D eigenvalue weighted by molar-refractivity contribution is -0.125. The molecule has 0 aliphatic carbocycles. The maximum Gasteiger partial charge on any atom is 0.247 e. The lowest BCUT2D eigenvalue weighted by Crippen LogP contribution is -2.54. The van der Waals surface area contributed by atoms with Crippen LogP contribution in [0.3, 0.4) is 0 Å². The highest BCUT2D eigenvalue weighted by molar-refractivity contribution is 5.90. The van der Waals surface area contributed by atoms with Crippen molar-refractivity contribution in [1.29, 1.82) is 0 Å². The van der Waals surface area contributed by atoms with Crippen molar-refractivity contribution in [3.05, 3.63) is 47.5 Å². The number of carbonyl (C=O) groups is 1. The van der Waals surface area contributed by atoms with Gasteiger partial charge in [-0.05, 0) is 37.6 Å². The molecule has 0 saturated carbocycles. The summed E-state index contributed by atoms with van der Waals surface area (Å²) in [5.74, 6) is -0.443. The highest BCUT2D eigenvalue weighted by Crippen LogP contribution is 2.28. The Hall–Kier alpha value is -2.45. The van der Waals surface area contributed by atoms with E-state index in [1.54, 1.807) is 19.2 Å². The van der Waals surface area contributed by atoms with Crippen LogP contribution in [-0.2, 0) is 16.1 Å². The van der Waals surface area contributed by atoms with E-state index in [1.807, 2.05) is 13.0 Å². The highest BCUT2D eigenvalue weighted by Gasteiger charge is 2.44. The Morgan fingerprint density at radius 1 is 1.44 bits per heavy atom. The van der Waals surface area contributed by atoms with Gasteiger partial charge in [-0.1, -0.05) is 6.07 Å². The molecule has 1 fully saturated rings. The van der Waals surface area contributed by atoms with Crippen molar-refractivity contribution >= 4 is 11.6 Å². The summed E-state index contributed by atoms with van der Waals surface area (Å²) >= 11 is 0. The molecule has 8 heteroatoms. The van der Waals surface area contributed by atoms with Crippen LogP contribution < -0.4 is 10.6 Å². The molecule has 1 amide bonds. The van der Waals surface area contributed by atoms with Crippen LogP contribution in [0, 0.1) is 12.7 Å². The first kappa shape index (κ1) is 19.3. The first-order chi connectivity index (χ1) is 13.0. The Labute approximate surface area is 158 Å². The van der Waals surface area contributed by atoms with Crippen LogP contribution in [0.1, 0.15) is 17.8 Å². The monoisotopic (exact) mass is 375 g/mol. The molecule has 2 aromatic rings. The lowest BCUT2D eigenvalue weighted by atomic mass is 9.96. The van der Waals surface area contributed by atoms with E-state index in [-0.39, 0.29) is 11.7 Å². The molecule has 1 aromatic carbocycles. The summed E-state index contributed by atoms with van der Waals surface area (Å²) in [7, 11) is 1.59. The second-order valence-corrected chi connectivity index (χ2v) is 6.97. The van der Waals surface area contributed by atoms with E-state index in [9.17, 15) is 9.18 Å². The third-order valence-electron chi connectivity index (χ3n) is 4.73. The fourth-order valence-corrected chi connectivity index (χ4v) is 3.43. The number of ether oxygens (including phenoxy) is 1. The normalized spacial score (nSPS) is 20.0. The fraction of sp³-hybridized carbons (Fsp3) is 0.474. The fourth-order valence-electron chi connectivity index (χ4n) is 3.43. The minimum Gasteiger partial charge on any atom is -0.383 e. The summed E-state index contributed by atoms with van der Waals surface area (Å²) in [5, 5.41) is 13.4. The molecule has 0 spiro atoms. The van der Waals surface area contributed by atoms with Gasteiger partial charge in [0, 0.05) is 44.7 Å². The maximum absolute atomic E-state index is 13.6. The molecule has 27 heavy (non-hydrogen) atoms. The second-order valence-electron chi connectivity index (χ2n) is 6.97. The molecular formula is C19H26FN5O2. The average molecular weight is 375 g/mol. The number of halogens is 1. The largest absolute Gasteiger partial charge is 0.383 e. The van der Waals surface area contributed by atoms with E-state index >= 15 is 0 Å². The van der Waals surface area contributed by atoms with Gasteiger partial charge in [0.25, 0.3) is 0 Å². The van der Waals surface area contributed by atoms with Gasteiger partial charge < -0.3 is 15.4 Å². The first-order valence-corrected chi connectivity index (χ1v) is 9.05. The van der Waals surface area contributed by atoms with Crippen LogP contribution in [0.4, 0.5) is 10.1 Å². The predicted molar refractivity (Wildman–Crippen MR) is 101 cm³/mol. The van der Waals surface area contributed by atoms with Gasteiger partial charge in [0.2, 0.25) is 5.91 Å². The summed E-state index contributed by atoms with van der Waals surface area (Å²) in [5.41, 5.74) is 1.71. The van der Waals surface area contributed by atoms with Gasteiger partial charge in [0.15, 0.2) is 0 Å². The zero-order valence-corrected chi connectivity index (χ0v) is 15.7. The second kappa shape index (κ2) is 8.49. The molecule has 1 aromatic heterocycles. The Morgan fingerprint density at radius 2 is 2.30 bits per heavy atom. The highest BCUT2D eigenvalue weighted by atomic mass is 19.1. The predicted octanol–water partition coefficient (Wildman–Crippen LogP) is 1.68. The summed E-state index contributed by atoms with van der Waals surface area (Å²) in [6.07, 6.45) is 0.617. The number of rotatable bonds is 8. The first-order valence-electron chi connectivity index (χ1n) is 9.05. The smallest absolute Gasteiger partial charge is 0.247 e.